The smallest absolute Gasteiger partial charge is 0.340 e. The summed E-state index contributed by atoms with van der Waals surface area (Å²) in [7, 11) is 0. The van der Waals surface area contributed by atoms with E-state index in [4.69, 9.17) is 11.6 Å². The molecule has 0 amide bonds. The summed E-state index contributed by atoms with van der Waals surface area (Å²) < 4.78 is 53.0. The molecule has 0 saturated heterocycles. The second-order valence-corrected chi connectivity index (χ2v) is 3.48. The van der Waals surface area contributed by atoms with Gasteiger partial charge in [-0.05, 0) is 0 Å². The number of rotatable bonds is 5. The summed E-state index contributed by atoms with van der Waals surface area (Å²) in [6.45, 7) is -1.66. The van der Waals surface area contributed by atoms with Gasteiger partial charge in [0.15, 0.2) is 6.61 Å². The molecule has 0 aliphatic rings. The molecule has 18 heavy (non-hydrogen) atoms. The molecule has 0 spiro atoms. The van der Waals surface area contributed by atoms with Crippen LogP contribution in [0.1, 0.15) is 0 Å². The van der Waals surface area contributed by atoms with Crippen LogP contribution in [-0.4, -0.2) is 28.9 Å². The third kappa shape index (κ3) is 3.69. The highest BCUT2D eigenvalue weighted by atomic mass is 35.5. The molecule has 0 aliphatic heterocycles. The molecule has 1 rings (SSSR count). The zero-order chi connectivity index (χ0) is 13.9. The summed E-state index contributed by atoms with van der Waals surface area (Å²) in [5.41, 5.74) is -0.551. The predicted molar refractivity (Wildman–Crippen MR) is 52.3 cm³/mol. The van der Waals surface area contributed by atoms with Crippen molar-refractivity contribution >= 4 is 17.3 Å². The first-order valence-electron chi connectivity index (χ1n) is 4.33. The van der Waals surface area contributed by atoms with E-state index >= 15 is 0 Å². The van der Waals surface area contributed by atoms with Crippen molar-refractivity contribution in [3.63, 3.8) is 0 Å². The summed E-state index contributed by atoms with van der Waals surface area (Å²) >= 11 is 5.38. The number of ether oxygens (including phenoxy) is 1. The monoisotopic (exact) mass is 288 g/mol. The molecule has 0 saturated carbocycles. The molecule has 0 aromatic carbocycles. The molecule has 10 heteroatoms. The highest BCUT2D eigenvalue weighted by Crippen LogP contribution is 2.26. The zero-order valence-corrected chi connectivity index (χ0v) is 9.20. The van der Waals surface area contributed by atoms with Crippen LogP contribution in [0, 0.1) is 10.1 Å². The van der Waals surface area contributed by atoms with Gasteiger partial charge in [-0.25, -0.2) is 13.8 Å². The van der Waals surface area contributed by atoms with E-state index in [1.807, 2.05) is 0 Å². The lowest BCUT2D eigenvalue weighted by Crippen LogP contribution is -2.33. The number of alkyl halides is 4. The Morgan fingerprint density at radius 2 is 2.11 bits per heavy atom. The molecule has 1 heterocycles. The lowest BCUT2D eigenvalue weighted by atomic mass is 10.4. The minimum absolute atomic E-state index is 0.375. The molecule has 0 radical (unpaired) electrons. The van der Waals surface area contributed by atoms with Crippen molar-refractivity contribution in [3.8, 4) is 5.88 Å². The van der Waals surface area contributed by atoms with Crippen LogP contribution in [0.5, 0.6) is 5.88 Å². The molecule has 0 bridgehead atoms. The standard InChI is InChI=1S/C8H5ClF4N2O3/c9-5-1-4(15(16)17)2-6(14-5)18-3-8(12,13)7(10)11/h1-2,7H,3H2. The third-order valence-electron chi connectivity index (χ3n) is 1.70. The molecule has 1 aromatic rings. The summed E-state index contributed by atoms with van der Waals surface area (Å²) in [6, 6.07) is 1.56. The van der Waals surface area contributed by atoms with E-state index in [9.17, 15) is 27.7 Å². The van der Waals surface area contributed by atoms with Gasteiger partial charge >= 0.3 is 12.3 Å². The van der Waals surface area contributed by atoms with Gasteiger partial charge in [-0.3, -0.25) is 10.1 Å². The fourth-order valence-electron chi connectivity index (χ4n) is 0.873. The van der Waals surface area contributed by atoms with Crippen LogP contribution in [0.25, 0.3) is 0 Å². The van der Waals surface area contributed by atoms with Crippen molar-refractivity contribution in [3.05, 3.63) is 27.4 Å². The Balaban J connectivity index is 2.83. The highest BCUT2D eigenvalue weighted by molar-refractivity contribution is 6.29. The molecule has 1 aromatic heterocycles. The lowest BCUT2D eigenvalue weighted by Gasteiger charge is -2.15. The van der Waals surface area contributed by atoms with Crippen LogP contribution < -0.4 is 4.74 Å². The van der Waals surface area contributed by atoms with Crippen LogP contribution in [-0.2, 0) is 0 Å². The largest absolute Gasteiger partial charge is 0.471 e. The first-order chi connectivity index (χ1) is 8.22. The van der Waals surface area contributed by atoms with Crippen LogP contribution in [0.4, 0.5) is 23.2 Å². The van der Waals surface area contributed by atoms with E-state index in [-0.39, 0.29) is 5.15 Å². The Hall–Kier alpha value is -1.64. The van der Waals surface area contributed by atoms with Crippen molar-refractivity contribution in [2.75, 3.05) is 6.61 Å². The van der Waals surface area contributed by atoms with Crippen molar-refractivity contribution in [1.82, 2.24) is 4.98 Å². The molecule has 0 atom stereocenters. The van der Waals surface area contributed by atoms with E-state index in [0.717, 1.165) is 6.07 Å². The first kappa shape index (κ1) is 14.4. The molecular weight excluding hydrogens is 284 g/mol. The number of aromatic nitrogens is 1. The molecule has 5 nitrogen and oxygen atoms in total. The number of pyridine rings is 1. The Kier molecular flexibility index (Phi) is 4.28. The van der Waals surface area contributed by atoms with Gasteiger partial charge in [0.05, 0.1) is 17.1 Å². The Morgan fingerprint density at radius 3 is 2.61 bits per heavy atom. The molecule has 0 unspecified atom stereocenters. The van der Waals surface area contributed by atoms with Gasteiger partial charge in [0, 0.05) is 0 Å². The van der Waals surface area contributed by atoms with Crippen molar-refractivity contribution in [1.29, 1.82) is 0 Å². The predicted octanol–water partition coefficient (Wildman–Crippen LogP) is 2.92. The van der Waals surface area contributed by atoms with Crippen molar-refractivity contribution < 1.29 is 27.2 Å². The molecular formula is C8H5ClF4N2O3. The molecule has 0 fully saturated rings. The van der Waals surface area contributed by atoms with Crippen LogP contribution in [0.3, 0.4) is 0 Å². The summed E-state index contributed by atoms with van der Waals surface area (Å²) in [5, 5.41) is 10.0. The van der Waals surface area contributed by atoms with Gasteiger partial charge in [0.1, 0.15) is 5.15 Å². The van der Waals surface area contributed by atoms with Gasteiger partial charge in [0.2, 0.25) is 5.88 Å². The zero-order valence-electron chi connectivity index (χ0n) is 8.45. The Bertz CT molecular complexity index is 458. The number of hydrogen-bond acceptors (Lipinski definition) is 4. The van der Waals surface area contributed by atoms with E-state index in [1.54, 1.807) is 0 Å². The first-order valence-corrected chi connectivity index (χ1v) is 4.71. The third-order valence-corrected chi connectivity index (χ3v) is 1.89. The molecule has 100 valence electrons. The van der Waals surface area contributed by atoms with Gasteiger partial charge in [0.25, 0.3) is 5.69 Å². The average molecular weight is 289 g/mol. The topological polar surface area (TPSA) is 65.3 Å². The van der Waals surface area contributed by atoms with Crippen LogP contribution in [0.2, 0.25) is 5.15 Å². The van der Waals surface area contributed by atoms with Crippen molar-refractivity contribution in [2.45, 2.75) is 12.3 Å². The maximum atomic E-state index is 12.5. The summed E-state index contributed by atoms with van der Waals surface area (Å²) in [4.78, 5) is 12.9. The van der Waals surface area contributed by atoms with E-state index < -0.39 is 35.4 Å². The number of hydrogen-bond donors (Lipinski definition) is 0. The van der Waals surface area contributed by atoms with Crippen LogP contribution >= 0.6 is 11.6 Å². The van der Waals surface area contributed by atoms with Crippen LogP contribution in [0.15, 0.2) is 12.1 Å². The second-order valence-electron chi connectivity index (χ2n) is 3.09. The highest BCUT2D eigenvalue weighted by Gasteiger charge is 2.41. The Labute approximate surface area is 102 Å². The van der Waals surface area contributed by atoms with E-state index in [0.29, 0.717) is 6.07 Å². The van der Waals surface area contributed by atoms with Gasteiger partial charge in [-0.15, -0.1) is 0 Å². The summed E-state index contributed by atoms with van der Waals surface area (Å²) in [6.07, 6.45) is -3.91. The van der Waals surface area contributed by atoms with E-state index in [1.165, 1.54) is 0 Å². The quantitative estimate of drug-likeness (QED) is 0.362. The average Bonchev–Trinajstić information content (AvgIpc) is 2.25. The van der Waals surface area contributed by atoms with E-state index in [2.05, 4.69) is 9.72 Å². The summed E-state index contributed by atoms with van der Waals surface area (Å²) in [5.74, 6) is -5.01. The van der Waals surface area contributed by atoms with Crippen molar-refractivity contribution in [2.24, 2.45) is 0 Å². The molecule has 0 N–H and O–H groups in total. The maximum absolute atomic E-state index is 12.5. The fourth-order valence-corrected chi connectivity index (χ4v) is 1.07. The number of nitrogens with zero attached hydrogens (tertiary/aromatic N) is 2. The number of nitro groups is 1. The second kappa shape index (κ2) is 5.34. The fraction of sp³-hybridized carbons (Fsp3) is 0.375. The minimum atomic E-state index is -4.38. The Morgan fingerprint density at radius 1 is 1.50 bits per heavy atom. The number of halogens is 5. The maximum Gasteiger partial charge on any atom is 0.340 e. The van der Waals surface area contributed by atoms with Gasteiger partial charge in [-0.1, -0.05) is 11.6 Å². The lowest BCUT2D eigenvalue weighted by molar-refractivity contribution is -0.385. The normalized spacial score (nSPS) is 11.7. The minimum Gasteiger partial charge on any atom is -0.471 e. The van der Waals surface area contributed by atoms with Gasteiger partial charge < -0.3 is 4.74 Å². The molecule has 0 aliphatic carbocycles. The van der Waals surface area contributed by atoms with Gasteiger partial charge in [-0.2, -0.15) is 8.78 Å². The SMILES string of the molecule is O=[N+]([O-])c1cc(Cl)nc(OCC(F)(F)C(F)F)c1.